The fourth-order valence-corrected chi connectivity index (χ4v) is 2.85. The quantitative estimate of drug-likeness (QED) is 0.657. The second kappa shape index (κ2) is 8.32. The van der Waals surface area contributed by atoms with Crippen LogP contribution in [0.25, 0.3) is 0 Å². The monoisotopic (exact) mass is 359 g/mol. The van der Waals surface area contributed by atoms with Crippen molar-refractivity contribution < 1.29 is 14.3 Å². The molecule has 3 aromatic rings. The molecule has 0 aliphatic carbocycles. The number of amides is 1. The van der Waals surface area contributed by atoms with Crippen LogP contribution < -0.4 is 10.1 Å². The molecule has 0 unspecified atom stereocenters. The van der Waals surface area contributed by atoms with E-state index >= 15 is 0 Å². The normalized spacial score (nSPS) is 10.3. The third-order valence-electron chi connectivity index (χ3n) is 4.03. The zero-order valence-electron chi connectivity index (χ0n) is 15.4. The first-order valence-electron chi connectivity index (χ1n) is 8.72. The van der Waals surface area contributed by atoms with Gasteiger partial charge in [-0.3, -0.25) is 9.59 Å². The molecule has 0 bridgehead atoms. The second-order valence-corrected chi connectivity index (χ2v) is 6.43. The summed E-state index contributed by atoms with van der Waals surface area (Å²) in [5, 5.41) is 2.83. The Labute approximate surface area is 158 Å². The first-order chi connectivity index (χ1) is 13.0. The van der Waals surface area contributed by atoms with Gasteiger partial charge in [0, 0.05) is 16.8 Å². The van der Waals surface area contributed by atoms with Crippen molar-refractivity contribution in [1.82, 2.24) is 0 Å². The van der Waals surface area contributed by atoms with Gasteiger partial charge in [-0.05, 0) is 61.4 Å². The van der Waals surface area contributed by atoms with Crippen molar-refractivity contribution in [3.63, 3.8) is 0 Å². The summed E-state index contributed by atoms with van der Waals surface area (Å²) in [7, 11) is 0. The Balaban J connectivity index is 1.57. The topological polar surface area (TPSA) is 55.4 Å². The van der Waals surface area contributed by atoms with Crippen LogP contribution in [0.1, 0.15) is 27.0 Å². The highest BCUT2D eigenvalue weighted by Crippen LogP contribution is 2.16. The van der Waals surface area contributed by atoms with Gasteiger partial charge in [0.2, 0.25) is 0 Å². The summed E-state index contributed by atoms with van der Waals surface area (Å²) in [6.07, 6.45) is 0. The summed E-state index contributed by atoms with van der Waals surface area (Å²) in [6, 6.07) is 21.8. The van der Waals surface area contributed by atoms with E-state index in [2.05, 4.69) is 5.32 Å². The molecule has 0 saturated carbocycles. The molecule has 0 spiro atoms. The number of anilines is 1. The average molecular weight is 359 g/mol. The Bertz CT molecular complexity index is 927. The molecule has 3 aromatic carbocycles. The van der Waals surface area contributed by atoms with E-state index in [1.54, 1.807) is 36.4 Å². The molecule has 0 heterocycles. The molecule has 0 fully saturated rings. The number of ketones is 1. The molecule has 0 radical (unpaired) electrons. The van der Waals surface area contributed by atoms with Gasteiger partial charge < -0.3 is 10.1 Å². The third kappa shape index (κ3) is 5.05. The highest BCUT2D eigenvalue weighted by Gasteiger charge is 2.09. The van der Waals surface area contributed by atoms with E-state index in [1.165, 1.54) is 0 Å². The average Bonchev–Trinajstić information content (AvgIpc) is 2.66. The van der Waals surface area contributed by atoms with E-state index in [-0.39, 0.29) is 18.3 Å². The van der Waals surface area contributed by atoms with Gasteiger partial charge in [0.1, 0.15) is 5.75 Å². The molecule has 4 nitrogen and oxygen atoms in total. The molecule has 0 aromatic heterocycles. The van der Waals surface area contributed by atoms with E-state index in [9.17, 15) is 9.59 Å². The number of benzene rings is 3. The first kappa shape index (κ1) is 18.4. The van der Waals surface area contributed by atoms with Crippen LogP contribution in [0.2, 0.25) is 0 Å². The van der Waals surface area contributed by atoms with Crippen LogP contribution in [0.15, 0.2) is 72.8 Å². The first-order valence-corrected chi connectivity index (χ1v) is 8.72. The molecule has 0 aliphatic rings. The van der Waals surface area contributed by atoms with Gasteiger partial charge in [-0.2, -0.15) is 0 Å². The third-order valence-corrected chi connectivity index (χ3v) is 4.03. The molecular formula is C23H21NO3. The number of hydrogen-bond donors (Lipinski definition) is 1. The lowest BCUT2D eigenvalue weighted by molar-refractivity contribution is -0.118. The molecule has 136 valence electrons. The van der Waals surface area contributed by atoms with Gasteiger partial charge >= 0.3 is 0 Å². The number of nitrogens with one attached hydrogen (secondary N) is 1. The van der Waals surface area contributed by atoms with Crippen molar-refractivity contribution in [3.8, 4) is 5.75 Å². The van der Waals surface area contributed by atoms with E-state index < -0.39 is 0 Å². The smallest absolute Gasteiger partial charge is 0.262 e. The number of hydrogen-bond acceptors (Lipinski definition) is 3. The van der Waals surface area contributed by atoms with Crippen LogP contribution in [-0.2, 0) is 4.79 Å². The van der Waals surface area contributed by atoms with Crippen molar-refractivity contribution in [1.29, 1.82) is 0 Å². The Hall–Kier alpha value is -3.40. The maximum Gasteiger partial charge on any atom is 0.262 e. The summed E-state index contributed by atoms with van der Waals surface area (Å²) in [6.45, 7) is 3.87. The van der Waals surface area contributed by atoms with E-state index in [0.29, 0.717) is 16.9 Å². The van der Waals surface area contributed by atoms with Crippen molar-refractivity contribution >= 4 is 17.4 Å². The van der Waals surface area contributed by atoms with E-state index in [0.717, 1.165) is 16.8 Å². The van der Waals surface area contributed by atoms with Crippen LogP contribution in [0, 0.1) is 13.8 Å². The summed E-state index contributed by atoms with van der Waals surface area (Å²) >= 11 is 0. The van der Waals surface area contributed by atoms with Crippen molar-refractivity contribution in [2.75, 3.05) is 11.9 Å². The van der Waals surface area contributed by atoms with Crippen LogP contribution >= 0.6 is 0 Å². The predicted octanol–water partition coefficient (Wildman–Crippen LogP) is 4.55. The lowest BCUT2D eigenvalue weighted by Gasteiger charge is -2.09. The molecule has 4 heteroatoms. The molecule has 0 saturated heterocycles. The van der Waals surface area contributed by atoms with Gasteiger partial charge in [-0.1, -0.05) is 36.4 Å². The SMILES string of the molecule is Cc1cc(C)cc(NC(=O)COc2ccc(C(=O)c3ccccc3)cc2)c1. The van der Waals surface area contributed by atoms with Crippen LogP contribution in [0.3, 0.4) is 0 Å². The van der Waals surface area contributed by atoms with Crippen LogP contribution in [0.4, 0.5) is 5.69 Å². The number of rotatable bonds is 6. The summed E-state index contributed by atoms with van der Waals surface area (Å²) in [5.74, 6) is 0.259. The number of carbonyl (C=O) groups is 2. The zero-order valence-corrected chi connectivity index (χ0v) is 15.4. The minimum Gasteiger partial charge on any atom is -0.484 e. The molecular weight excluding hydrogens is 338 g/mol. The van der Waals surface area contributed by atoms with Crippen molar-refractivity contribution in [2.45, 2.75) is 13.8 Å². The highest BCUT2D eigenvalue weighted by atomic mass is 16.5. The molecule has 0 atom stereocenters. The second-order valence-electron chi connectivity index (χ2n) is 6.43. The van der Waals surface area contributed by atoms with E-state index in [1.807, 2.05) is 50.2 Å². The zero-order chi connectivity index (χ0) is 19.2. The Morgan fingerprint density at radius 2 is 1.41 bits per heavy atom. The van der Waals surface area contributed by atoms with Crippen molar-refractivity contribution in [2.24, 2.45) is 0 Å². The highest BCUT2D eigenvalue weighted by molar-refractivity contribution is 6.09. The number of carbonyl (C=O) groups excluding carboxylic acids is 2. The van der Waals surface area contributed by atoms with Gasteiger partial charge in [-0.15, -0.1) is 0 Å². The molecule has 27 heavy (non-hydrogen) atoms. The minimum absolute atomic E-state index is 0.0466. The lowest BCUT2D eigenvalue weighted by Crippen LogP contribution is -2.20. The molecule has 3 rings (SSSR count). The summed E-state index contributed by atoms with van der Waals surface area (Å²) in [5.41, 5.74) is 4.15. The molecule has 1 amide bonds. The van der Waals surface area contributed by atoms with Crippen LogP contribution in [0.5, 0.6) is 5.75 Å². The largest absolute Gasteiger partial charge is 0.484 e. The fourth-order valence-electron chi connectivity index (χ4n) is 2.85. The van der Waals surface area contributed by atoms with Gasteiger partial charge in [-0.25, -0.2) is 0 Å². The van der Waals surface area contributed by atoms with Crippen LogP contribution in [-0.4, -0.2) is 18.3 Å². The maximum absolute atomic E-state index is 12.4. The Morgan fingerprint density at radius 3 is 2.04 bits per heavy atom. The van der Waals surface area contributed by atoms with Gasteiger partial charge in [0.05, 0.1) is 0 Å². The summed E-state index contributed by atoms with van der Waals surface area (Å²) in [4.78, 5) is 24.5. The van der Waals surface area contributed by atoms with E-state index in [4.69, 9.17) is 4.74 Å². The van der Waals surface area contributed by atoms with Crippen molar-refractivity contribution in [3.05, 3.63) is 95.1 Å². The standard InChI is InChI=1S/C23H21NO3/c1-16-12-17(2)14-20(13-16)24-22(25)15-27-21-10-8-19(9-11-21)23(26)18-6-4-3-5-7-18/h3-14H,15H2,1-2H3,(H,24,25). The number of aryl methyl sites for hydroxylation is 2. The van der Waals surface area contributed by atoms with Gasteiger partial charge in [0.25, 0.3) is 5.91 Å². The predicted molar refractivity (Wildman–Crippen MR) is 106 cm³/mol. The minimum atomic E-state index is -0.232. The molecule has 1 N–H and O–H groups in total. The lowest BCUT2D eigenvalue weighted by atomic mass is 10.0. The fraction of sp³-hybridized carbons (Fsp3) is 0.130. The summed E-state index contributed by atoms with van der Waals surface area (Å²) < 4.78 is 5.52. The number of ether oxygens (including phenoxy) is 1. The van der Waals surface area contributed by atoms with Gasteiger partial charge in [0.15, 0.2) is 12.4 Å². The Kier molecular flexibility index (Phi) is 5.67. The Morgan fingerprint density at radius 1 is 0.815 bits per heavy atom. The molecule has 0 aliphatic heterocycles. The maximum atomic E-state index is 12.4.